The predicted octanol–water partition coefficient (Wildman–Crippen LogP) is 4.61. The first-order valence-electron chi connectivity index (χ1n) is 11.4. The van der Waals surface area contributed by atoms with E-state index in [9.17, 15) is 9.59 Å². The zero-order valence-electron chi connectivity index (χ0n) is 19.9. The molecule has 6 nitrogen and oxygen atoms in total. The van der Waals surface area contributed by atoms with Crippen LogP contribution in [0.5, 0.6) is 5.75 Å². The van der Waals surface area contributed by atoms with Crippen molar-refractivity contribution in [2.24, 2.45) is 4.99 Å². The molecule has 0 fully saturated rings. The lowest BCUT2D eigenvalue weighted by molar-refractivity contribution is -0.139. The fraction of sp³-hybridized carbons (Fsp3) is 0.179. The van der Waals surface area contributed by atoms with Crippen molar-refractivity contribution < 1.29 is 14.3 Å². The van der Waals surface area contributed by atoms with Crippen LogP contribution >= 0.6 is 22.9 Å². The highest BCUT2D eigenvalue weighted by molar-refractivity contribution is 7.07. The van der Waals surface area contributed by atoms with Gasteiger partial charge in [-0.3, -0.25) is 9.36 Å². The van der Waals surface area contributed by atoms with Crippen LogP contribution in [0.4, 0.5) is 0 Å². The third-order valence-electron chi connectivity index (χ3n) is 6.14. The van der Waals surface area contributed by atoms with E-state index in [-0.39, 0.29) is 12.2 Å². The molecular weight excluding hydrogens is 496 g/mol. The number of allylic oxidation sites excluding steroid dienone is 1. The number of thiazole rings is 1. The first-order chi connectivity index (χ1) is 17.4. The van der Waals surface area contributed by atoms with Crippen LogP contribution in [-0.4, -0.2) is 24.3 Å². The molecule has 0 saturated heterocycles. The lowest BCUT2D eigenvalue weighted by Crippen LogP contribution is -2.40. The molecule has 0 amide bonds. The largest absolute Gasteiger partial charge is 0.496 e. The fourth-order valence-electron chi connectivity index (χ4n) is 4.52. The summed E-state index contributed by atoms with van der Waals surface area (Å²) in [5.41, 5.74) is 2.07. The van der Waals surface area contributed by atoms with Gasteiger partial charge in [-0.15, -0.1) is 0 Å². The lowest BCUT2D eigenvalue weighted by atomic mass is 9.96. The number of rotatable bonds is 5. The van der Waals surface area contributed by atoms with E-state index in [0.717, 1.165) is 22.1 Å². The quantitative estimate of drug-likeness (QED) is 0.362. The molecule has 36 heavy (non-hydrogen) atoms. The number of methoxy groups -OCH3 is 1. The molecule has 0 spiro atoms. The molecule has 0 aliphatic carbocycles. The summed E-state index contributed by atoms with van der Waals surface area (Å²) in [6.07, 6.45) is 1.86. The predicted molar refractivity (Wildman–Crippen MR) is 142 cm³/mol. The third kappa shape index (κ3) is 4.04. The molecule has 1 aromatic heterocycles. The Morgan fingerprint density at radius 1 is 1.11 bits per heavy atom. The van der Waals surface area contributed by atoms with Gasteiger partial charge >= 0.3 is 5.97 Å². The van der Waals surface area contributed by atoms with Gasteiger partial charge in [-0.05, 0) is 48.6 Å². The van der Waals surface area contributed by atoms with Gasteiger partial charge in [0.25, 0.3) is 5.56 Å². The van der Waals surface area contributed by atoms with Crippen molar-refractivity contribution in [2.75, 3.05) is 13.7 Å². The van der Waals surface area contributed by atoms with Gasteiger partial charge in [0.2, 0.25) is 0 Å². The van der Waals surface area contributed by atoms with Crippen LogP contribution < -0.4 is 19.6 Å². The molecule has 2 heterocycles. The van der Waals surface area contributed by atoms with Crippen LogP contribution in [0.15, 0.2) is 81.7 Å². The second-order valence-electron chi connectivity index (χ2n) is 8.23. The van der Waals surface area contributed by atoms with Gasteiger partial charge < -0.3 is 9.47 Å². The summed E-state index contributed by atoms with van der Waals surface area (Å²) >= 11 is 7.84. The second kappa shape index (κ2) is 9.76. The Hall–Kier alpha value is -3.68. The smallest absolute Gasteiger partial charge is 0.338 e. The molecule has 0 N–H and O–H groups in total. The third-order valence-corrected chi connectivity index (χ3v) is 7.47. The Labute approximate surface area is 216 Å². The van der Waals surface area contributed by atoms with Crippen LogP contribution in [0.2, 0.25) is 5.02 Å². The van der Waals surface area contributed by atoms with E-state index in [1.165, 1.54) is 11.3 Å². The Kier molecular flexibility index (Phi) is 6.51. The van der Waals surface area contributed by atoms with Crippen LogP contribution in [0, 0.1) is 0 Å². The zero-order valence-corrected chi connectivity index (χ0v) is 21.5. The van der Waals surface area contributed by atoms with Gasteiger partial charge in [0.15, 0.2) is 4.80 Å². The molecule has 0 unspecified atom stereocenters. The van der Waals surface area contributed by atoms with Crippen molar-refractivity contribution in [3.05, 3.63) is 108 Å². The molecule has 4 aromatic rings. The number of hydrogen-bond donors (Lipinski definition) is 0. The Bertz CT molecular complexity index is 1720. The molecule has 0 bridgehead atoms. The van der Waals surface area contributed by atoms with Gasteiger partial charge in [-0.25, -0.2) is 9.79 Å². The van der Waals surface area contributed by atoms with Crippen LogP contribution in [-0.2, 0) is 9.53 Å². The highest BCUT2D eigenvalue weighted by Crippen LogP contribution is 2.34. The van der Waals surface area contributed by atoms with Crippen LogP contribution in [0.1, 0.15) is 31.0 Å². The molecule has 8 heteroatoms. The summed E-state index contributed by atoms with van der Waals surface area (Å²) in [6.45, 7) is 3.71. The van der Waals surface area contributed by atoms with E-state index in [1.807, 2.05) is 60.7 Å². The van der Waals surface area contributed by atoms with Crippen molar-refractivity contribution in [1.82, 2.24) is 4.57 Å². The van der Waals surface area contributed by atoms with Crippen molar-refractivity contribution in [3.63, 3.8) is 0 Å². The molecule has 3 aromatic carbocycles. The van der Waals surface area contributed by atoms with E-state index in [4.69, 9.17) is 21.1 Å². The van der Waals surface area contributed by atoms with Crippen LogP contribution in [0.25, 0.3) is 16.8 Å². The first kappa shape index (κ1) is 24.0. The van der Waals surface area contributed by atoms with Gasteiger partial charge in [0.05, 0.1) is 29.5 Å². The minimum absolute atomic E-state index is 0.208. The lowest BCUT2D eigenvalue weighted by Gasteiger charge is -2.25. The fourth-order valence-corrected chi connectivity index (χ4v) is 5.80. The molecular formula is C28H23ClN2O4S. The number of hydrogen-bond acceptors (Lipinski definition) is 6. The maximum atomic E-state index is 13.8. The maximum Gasteiger partial charge on any atom is 0.338 e. The molecule has 0 radical (unpaired) electrons. The van der Waals surface area contributed by atoms with E-state index in [0.29, 0.717) is 31.2 Å². The molecule has 1 aliphatic rings. The second-order valence-corrected chi connectivity index (χ2v) is 9.64. The zero-order chi connectivity index (χ0) is 25.4. The minimum atomic E-state index is -0.747. The van der Waals surface area contributed by atoms with E-state index < -0.39 is 12.0 Å². The van der Waals surface area contributed by atoms with E-state index >= 15 is 0 Å². The summed E-state index contributed by atoms with van der Waals surface area (Å²) in [6, 6.07) is 18.2. The van der Waals surface area contributed by atoms with Crippen molar-refractivity contribution in [3.8, 4) is 5.75 Å². The van der Waals surface area contributed by atoms with Gasteiger partial charge in [0.1, 0.15) is 11.8 Å². The topological polar surface area (TPSA) is 69.9 Å². The van der Waals surface area contributed by atoms with Crippen molar-refractivity contribution in [1.29, 1.82) is 0 Å². The average Bonchev–Trinajstić information content (AvgIpc) is 3.18. The van der Waals surface area contributed by atoms with Gasteiger partial charge in [-0.1, -0.05) is 71.5 Å². The molecule has 1 aliphatic heterocycles. The number of carbonyl (C=O) groups is 1. The Morgan fingerprint density at radius 3 is 2.56 bits per heavy atom. The number of esters is 1. The number of nitrogens with zero attached hydrogens (tertiary/aromatic N) is 2. The molecule has 182 valence electrons. The van der Waals surface area contributed by atoms with Gasteiger partial charge in [-0.2, -0.15) is 0 Å². The number of aromatic nitrogens is 1. The number of ether oxygens (including phenoxy) is 2. The summed E-state index contributed by atoms with van der Waals surface area (Å²) < 4.78 is 12.9. The van der Waals surface area contributed by atoms with Crippen LogP contribution in [0.3, 0.4) is 0 Å². The first-order valence-corrected chi connectivity index (χ1v) is 12.6. The van der Waals surface area contributed by atoms with Gasteiger partial charge in [0, 0.05) is 10.4 Å². The summed E-state index contributed by atoms with van der Waals surface area (Å²) in [5.74, 6) is 0.247. The summed E-state index contributed by atoms with van der Waals surface area (Å²) in [7, 11) is 1.64. The summed E-state index contributed by atoms with van der Waals surface area (Å²) in [5, 5.41) is 2.37. The highest BCUT2D eigenvalue weighted by atomic mass is 35.5. The standard InChI is InChI=1S/C28H23ClN2O4S/c1-4-35-27(33)24-16(2)30-28-31(25(24)20-11-7-8-12-21(20)29)26(32)23(36-28)15-17-13-14-22(34-3)19-10-6-5-9-18(17)19/h5-15,25H,4H2,1-3H3/b23-15+/t25-/m1/s1. The monoisotopic (exact) mass is 518 g/mol. The summed E-state index contributed by atoms with van der Waals surface area (Å²) in [4.78, 5) is 32.0. The Morgan fingerprint density at radius 2 is 1.83 bits per heavy atom. The maximum absolute atomic E-state index is 13.8. The van der Waals surface area contributed by atoms with E-state index in [2.05, 4.69) is 4.99 Å². The van der Waals surface area contributed by atoms with Crippen molar-refractivity contribution >= 4 is 45.8 Å². The number of carbonyl (C=O) groups excluding carboxylic acids is 1. The molecule has 1 atom stereocenters. The number of benzene rings is 3. The number of fused-ring (bicyclic) bond motifs is 2. The highest BCUT2D eigenvalue weighted by Gasteiger charge is 2.34. The normalized spacial score (nSPS) is 15.6. The average molecular weight is 519 g/mol. The van der Waals surface area contributed by atoms with E-state index in [1.54, 1.807) is 31.6 Å². The van der Waals surface area contributed by atoms with Crippen molar-refractivity contribution in [2.45, 2.75) is 19.9 Å². The minimum Gasteiger partial charge on any atom is -0.496 e. The molecule has 0 saturated carbocycles. The number of halogens is 1. The SMILES string of the molecule is CCOC(=O)C1=C(C)N=c2s/c(=C/c3ccc(OC)c4ccccc34)c(=O)n2[C@@H]1c1ccccc1Cl. The Balaban J connectivity index is 1.77. The molecule has 5 rings (SSSR count).